The third kappa shape index (κ3) is 5.27. The van der Waals surface area contributed by atoms with Crippen molar-refractivity contribution in [3.63, 3.8) is 0 Å². The molecular weight excluding hydrogens is 353 g/mol. The lowest BCUT2D eigenvalue weighted by Crippen LogP contribution is -2.17. The lowest BCUT2D eigenvalue weighted by Gasteiger charge is -2.14. The van der Waals surface area contributed by atoms with Crippen molar-refractivity contribution in [3.8, 4) is 11.3 Å². The fourth-order valence-corrected chi connectivity index (χ4v) is 2.82. The first-order valence-corrected chi connectivity index (χ1v) is 9.38. The van der Waals surface area contributed by atoms with Gasteiger partial charge >= 0.3 is 0 Å². The highest BCUT2D eigenvalue weighted by Crippen LogP contribution is 2.25. The van der Waals surface area contributed by atoms with E-state index in [0.29, 0.717) is 23.0 Å². The zero-order chi connectivity index (χ0) is 19.9. The monoisotopic (exact) mass is 379 g/mol. The Hall–Kier alpha value is -2.99. The number of hydrogen-bond acceptors (Lipinski definition) is 5. The predicted octanol–water partition coefficient (Wildman–Crippen LogP) is 4.70. The van der Waals surface area contributed by atoms with Crippen molar-refractivity contribution in [1.29, 1.82) is 0 Å². The van der Waals surface area contributed by atoms with E-state index in [2.05, 4.69) is 39.6 Å². The van der Waals surface area contributed by atoms with Gasteiger partial charge in [0.15, 0.2) is 0 Å². The standard InChI is InChI=1S/C22H26FN5/c1-16-18(23)11-7-12-19(16)25-21-15-20(17-9-5-4-6-10-17)26-22(27-21)24-13-8-14-28(2)3/h4-7,9-12,15H,8,13-14H2,1-3H3,(H2,24,25,26,27). The van der Waals surface area contributed by atoms with Crippen LogP contribution in [-0.2, 0) is 0 Å². The van der Waals surface area contributed by atoms with Gasteiger partial charge in [-0.05, 0) is 46.1 Å². The van der Waals surface area contributed by atoms with Crippen molar-refractivity contribution in [2.75, 3.05) is 37.8 Å². The average molecular weight is 379 g/mol. The summed E-state index contributed by atoms with van der Waals surface area (Å²) in [6.07, 6.45) is 0.984. The van der Waals surface area contributed by atoms with Gasteiger partial charge in [-0.15, -0.1) is 0 Å². The molecule has 0 aliphatic heterocycles. The highest BCUT2D eigenvalue weighted by Gasteiger charge is 2.09. The Balaban J connectivity index is 1.87. The van der Waals surface area contributed by atoms with E-state index in [1.165, 1.54) is 6.07 Å². The minimum absolute atomic E-state index is 0.246. The Morgan fingerprint density at radius 3 is 2.54 bits per heavy atom. The molecule has 0 atom stereocenters. The normalized spacial score (nSPS) is 10.9. The van der Waals surface area contributed by atoms with Crippen LogP contribution >= 0.6 is 0 Å². The van der Waals surface area contributed by atoms with Gasteiger partial charge in [0.2, 0.25) is 5.95 Å². The Morgan fingerprint density at radius 1 is 1.00 bits per heavy atom. The topological polar surface area (TPSA) is 53.1 Å². The predicted molar refractivity (Wildman–Crippen MR) is 114 cm³/mol. The fraction of sp³-hybridized carbons (Fsp3) is 0.273. The molecule has 0 amide bonds. The maximum atomic E-state index is 13.9. The van der Waals surface area contributed by atoms with Crippen LogP contribution in [0.25, 0.3) is 11.3 Å². The minimum atomic E-state index is -0.246. The van der Waals surface area contributed by atoms with Crippen LogP contribution in [-0.4, -0.2) is 42.1 Å². The molecule has 2 aromatic carbocycles. The molecule has 3 rings (SSSR count). The third-order valence-electron chi connectivity index (χ3n) is 4.39. The van der Waals surface area contributed by atoms with Gasteiger partial charge in [-0.3, -0.25) is 0 Å². The lowest BCUT2D eigenvalue weighted by atomic mass is 10.1. The van der Waals surface area contributed by atoms with E-state index in [1.807, 2.05) is 42.5 Å². The summed E-state index contributed by atoms with van der Waals surface area (Å²) in [7, 11) is 4.10. The van der Waals surface area contributed by atoms with E-state index in [-0.39, 0.29) is 5.82 Å². The molecule has 0 unspecified atom stereocenters. The lowest BCUT2D eigenvalue weighted by molar-refractivity contribution is 0.405. The molecule has 0 aliphatic carbocycles. The summed E-state index contributed by atoms with van der Waals surface area (Å²) < 4.78 is 13.9. The van der Waals surface area contributed by atoms with E-state index < -0.39 is 0 Å². The number of nitrogens with zero attached hydrogens (tertiary/aromatic N) is 3. The molecule has 1 heterocycles. The van der Waals surface area contributed by atoms with Gasteiger partial charge in [-0.1, -0.05) is 36.4 Å². The molecule has 2 N–H and O–H groups in total. The van der Waals surface area contributed by atoms with E-state index in [9.17, 15) is 4.39 Å². The number of aromatic nitrogens is 2. The number of nitrogens with one attached hydrogen (secondary N) is 2. The molecule has 0 spiro atoms. The van der Waals surface area contributed by atoms with E-state index in [1.54, 1.807) is 13.0 Å². The SMILES string of the molecule is Cc1c(F)cccc1Nc1cc(-c2ccccc2)nc(NCCCN(C)C)n1. The zero-order valence-electron chi connectivity index (χ0n) is 16.5. The largest absolute Gasteiger partial charge is 0.354 e. The van der Waals surface area contributed by atoms with Gasteiger partial charge in [0, 0.05) is 29.4 Å². The van der Waals surface area contributed by atoms with Crippen molar-refractivity contribution in [3.05, 3.63) is 66.0 Å². The first-order chi connectivity index (χ1) is 13.5. The molecule has 0 fully saturated rings. The Labute approximate surface area is 165 Å². The Bertz CT molecular complexity index is 912. The fourth-order valence-electron chi connectivity index (χ4n) is 2.82. The van der Waals surface area contributed by atoms with Crippen molar-refractivity contribution in [2.24, 2.45) is 0 Å². The van der Waals surface area contributed by atoms with Gasteiger partial charge in [0.1, 0.15) is 11.6 Å². The summed E-state index contributed by atoms with van der Waals surface area (Å²) in [4.78, 5) is 11.4. The highest BCUT2D eigenvalue weighted by atomic mass is 19.1. The molecular formula is C22H26FN5. The first kappa shape index (κ1) is 19.8. The second-order valence-electron chi connectivity index (χ2n) is 6.95. The number of benzene rings is 2. The first-order valence-electron chi connectivity index (χ1n) is 9.38. The van der Waals surface area contributed by atoms with Gasteiger partial charge < -0.3 is 15.5 Å². The van der Waals surface area contributed by atoms with Crippen LogP contribution in [0.15, 0.2) is 54.6 Å². The summed E-state index contributed by atoms with van der Waals surface area (Å²) >= 11 is 0. The van der Waals surface area contributed by atoms with Crippen LogP contribution in [0.3, 0.4) is 0 Å². The minimum Gasteiger partial charge on any atom is -0.354 e. The number of anilines is 3. The van der Waals surface area contributed by atoms with Crippen LogP contribution in [0.5, 0.6) is 0 Å². The molecule has 0 saturated heterocycles. The highest BCUT2D eigenvalue weighted by molar-refractivity contribution is 5.68. The molecule has 28 heavy (non-hydrogen) atoms. The maximum absolute atomic E-state index is 13.9. The molecule has 146 valence electrons. The second kappa shape index (κ2) is 9.28. The molecule has 6 heteroatoms. The molecule has 5 nitrogen and oxygen atoms in total. The smallest absolute Gasteiger partial charge is 0.225 e. The van der Waals surface area contributed by atoms with Gasteiger partial charge in [0.05, 0.1) is 5.69 Å². The summed E-state index contributed by atoms with van der Waals surface area (Å²) in [6.45, 7) is 3.51. The van der Waals surface area contributed by atoms with Crippen molar-refractivity contribution >= 4 is 17.5 Å². The van der Waals surface area contributed by atoms with E-state index >= 15 is 0 Å². The molecule has 0 bridgehead atoms. The third-order valence-corrected chi connectivity index (χ3v) is 4.39. The van der Waals surface area contributed by atoms with Crippen molar-refractivity contribution in [1.82, 2.24) is 14.9 Å². The Morgan fingerprint density at radius 2 is 1.79 bits per heavy atom. The number of rotatable bonds is 8. The summed E-state index contributed by atoms with van der Waals surface area (Å²) in [5, 5.41) is 6.53. The van der Waals surface area contributed by atoms with Crippen molar-refractivity contribution in [2.45, 2.75) is 13.3 Å². The molecule has 0 saturated carbocycles. The number of hydrogen-bond donors (Lipinski definition) is 2. The van der Waals surface area contributed by atoms with Crippen LogP contribution in [0, 0.1) is 12.7 Å². The van der Waals surface area contributed by atoms with Crippen LogP contribution in [0.1, 0.15) is 12.0 Å². The maximum Gasteiger partial charge on any atom is 0.225 e. The molecule has 0 aliphatic rings. The molecule has 1 aromatic heterocycles. The van der Waals surface area contributed by atoms with Crippen LogP contribution in [0.4, 0.5) is 21.8 Å². The summed E-state index contributed by atoms with van der Waals surface area (Å²) in [6, 6.07) is 16.8. The van der Waals surface area contributed by atoms with E-state index in [4.69, 9.17) is 0 Å². The van der Waals surface area contributed by atoms with Crippen LogP contribution < -0.4 is 10.6 Å². The van der Waals surface area contributed by atoms with Crippen molar-refractivity contribution < 1.29 is 4.39 Å². The average Bonchev–Trinajstić information content (AvgIpc) is 2.69. The van der Waals surface area contributed by atoms with Gasteiger partial charge in [-0.25, -0.2) is 9.37 Å². The molecule has 3 aromatic rings. The Kier molecular flexibility index (Phi) is 6.55. The van der Waals surface area contributed by atoms with Crippen LogP contribution in [0.2, 0.25) is 0 Å². The number of halogens is 1. The quantitative estimate of drug-likeness (QED) is 0.556. The summed E-state index contributed by atoms with van der Waals surface area (Å²) in [5.74, 6) is 0.929. The van der Waals surface area contributed by atoms with E-state index in [0.717, 1.165) is 30.8 Å². The second-order valence-corrected chi connectivity index (χ2v) is 6.95. The zero-order valence-corrected chi connectivity index (χ0v) is 16.5. The van der Waals surface area contributed by atoms with Gasteiger partial charge in [-0.2, -0.15) is 4.98 Å². The van der Waals surface area contributed by atoms with Gasteiger partial charge in [0.25, 0.3) is 0 Å². The summed E-state index contributed by atoms with van der Waals surface area (Å²) in [5.41, 5.74) is 3.06. The molecule has 0 radical (unpaired) electrons.